The van der Waals surface area contributed by atoms with Crippen LogP contribution in [0.15, 0.2) is 60.8 Å². The molecule has 1 atom stereocenters. The van der Waals surface area contributed by atoms with Crippen LogP contribution in [0, 0.1) is 12.8 Å². The number of amides is 1. The van der Waals surface area contributed by atoms with Crippen molar-refractivity contribution in [1.29, 1.82) is 0 Å². The van der Waals surface area contributed by atoms with E-state index in [0.717, 1.165) is 46.1 Å². The summed E-state index contributed by atoms with van der Waals surface area (Å²) in [5.74, 6) is -0.999. The van der Waals surface area contributed by atoms with Crippen LogP contribution in [-0.4, -0.2) is 33.3 Å². The van der Waals surface area contributed by atoms with Gasteiger partial charge in [-0.3, -0.25) is 14.3 Å². The Kier molecular flexibility index (Phi) is 8.54. The maximum Gasteiger partial charge on any atom is 0.416 e. The number of rotatable bonds is 9. The number of halogens is 4. The second-order valence-corrected chi connectivity index (χ2v) is 10.6. The van der Waals surface area contributed by atoms with Crippen molar-refractivity contribution in [2.75, 3.05) is 6.54 Å². The molecule has 4 aromatic rings. The number of alkyl halides is 3. The van der Waals surface area contributed by atoms with Crippen molar-refractivity contribution in [1.82, 2.24) is 15.1 Å². The van der Waals surface area contributed by atoms with Crippen molar-refractivity contribution < 1.29 is 27.9 Å². The zero-order chi connectivity index (χ0) is 29.2. The average Bonchev–Trinajstić information content (AvgIpc) is 3.28. The highest BCUT2D eigenvalue weighted by Gasteiger charge is 2.31. The lowest BCUT2D eigenvalue weighted by Gasteiger charge is -2.22. The molecular formula is C30H29ClF3N3O3. The van der Waals surface area contributed by atoms with E-state index in [1.54, 1.807) is 18.3 Å². The summed E-state index contributed by atoms with van der Waals surface area (Å²) in [6.07, 6.45) is -2.13. The van der Waals surface area contributed by atoms with Crippen LogP contribution < -0.4 is 5.32 Å². The van der Waals surface area contributed by atoms with Gasteiger partial charge in [0.15, 0.2) is 0 Å². The van der Waals surface area contributed by atoms with E-state index < -0.39 is 17.7 Å². The molecule has 0 aliphatic rings. The summed E-state index contributed by atoms with van der Waals surface area (Å²) in [6, 6.07) is 14.2. The quantitative estimate of drug-likeness (QED) is 0.217. The number of hydrogen-bond donors (Lipinski definition) is 2. The lowest BCUT2D eigenvalue weighted by molar-refractivity contribution is -0.138. The van der Waals surface area contributed by atoms with Gasteiger partial charge in [0.05, 0.1) is 29.7 Å². The molecule has 2 N–H and O–H groups in total. The highest BCUT2D eigenvalue weighted by atomic mass is 35.5. The minimum Gasteiger partial charge on any atom is -0.481 e. The Morgan fingerprint density at radius 3 is 2.35 bits per heavy atom. The Balaban J connectivity index is 1.67. The summed E-state index contributed by atoms with van der Waals surface area (Å²) in [4.78, 5) is 23.1. The number of aliphatic carboxylic acids is 1. The standard InChI is InChI=1S/C30H29ClF3N3O3/c1-17(2)12-26(19-4-6-20(7-5-19)29(40)35-11-10-28(38)39)37-27-13-18(3)24(14-21(27)16-36-37)23-9-8-22(15-25(23)31)30(32,33)34/h4-9,13-17,26H,10-12H2,1-3H3,(H,35,40)(H,38,39). The first kappa shape index (κ1) is 29.1. The van der Waals surface area contributed by atoms with Crippen molar-refractivity contribution in [2.45, 2.75) is 45.8 Å². The monoisotopic (exact) mass is 571 g/mol. The van der Waals surface area contributed by atoms with Gasteiger partial charge in [0.2, 0.25) is 0 Å². The molecule has 0 aliphatic carbocycles. The predicted octanol–water partition coefficient (Wildman–Crippen LogP) is 7.52. The van der Waals surface area contributed by atoms with E-state index in [9.17, 15) is 22.8 Å². The van der Waals surface area contributed by atoms with Crippen molar-refractivity contribution in [2.24, 2.45) is 5.92 Å². The second kappa shape index (κ2) is 11.7. The van der Waals surface area contributed by atoms with Crippen LogP contribution in [0.2, 0.25) is 5.02 Å². The lowest BCUT2D eigenvalue weighted by atomic mass is 9.95. The fourth-order valence-corrected chi connectivity index (χ4v) is 4.99. The molecule has 10 heteroatoms. The van der Waals surface area contributed by atoms with E-state index in [1.165, 1.54) is 6.07 Å². The van der Waals surface area contributed by atoms with Gasteiger partial charge in [-0.05, 0) is 72.4 Å². The third-order valence-corrected chi connectivity index (χ3v) is 7.01. The van der Waals surface area contributed by atoms with Crippen LogP contribution in [0.5, 0.6) is 0 Å². The van der Waals surface area contributed by atoms with E-state index >= 15 is 0 Å². The van der Waals surface area contributed by atoms with Crippen LogP contribution in [-0.2, 0) is 11.0 Å². The van der Waals surface area contributed by atoms with Gasteiger partial charge in [0.1, 0.15) is 0 Å². The first-order valence-electron chi connectivity index (χ1n) is 12.8. The number of carboxylic acid groups (broad SMARTS) is 1. The van der Waals surface area contributed by atoms with Crippen LogP contribution >= 0.6 is 11.6 Å². The molecule has 1 unspecified atom stereocenters. The Morgan fingerprint density at radius 2 is 1.75 bits per heavy atom. The Labute approximate surface area is 234 Å². The van der Waals surface area contributed by atoms with Crippen molar-refractivity contribution in [3.05, 3.63) is 88.1 Å². The Bertz CT molecular complexity index is 1550. The average molecular weight is 572 g/mol. The number of aryl methyl sites for hydroxylation is 1. The van der Waals surface area contributed by atoms with Gasteiger partial charge in [0.25, 0.3) is 5.91 Å². The summed E-state index contributed by atoms with van der Waals surface area (Å²) in [5.41, 5.74) is 3.53. The maximum atomic E-state index is 13.1. The molecule has 0 aliphatic heterocycles. The molecule has 3 aromatic carbocycles. The molecule has 1 aromatic heterocycles. The van der Waals surface area contributed by atoms with Crippen LogP contribution in [0.3, 0.4) is 0 Å². The number of aromatic nitrogens is 2. The van der Waals surface area contributed by atoms with Gasteiger partial charge < -0.3 is 10.4 Å². The first-order valence-corrected chi connectivity index (χ1v) is 13.2. The SMILES string of the molecule is Cc1cc2c(cnn2C(CC(C)C)c2ccc(C(=O)NCCC(=O)O)cc2)cc1-c1ccc(C(F)(F)F)cc1Cl. The fourth-order valence-electron chi connectivity index (χ4n) is 4.71. The summed E-state index contributed by atoms with van der Waals surface area (Å²) in [5, 5.41) is 16.9. The highest BCUT2D eigenvalue weighted by Crippen LogP contribution is 2.38. The molecule has 0 spiro atoms. The van der Waals surface area contributed by atoms with Crippen LogP contribution in [0.1, 0.15) is 59.8 Å². The van der Waals surface area contributed by atoms with E-state index in [1.807, 2.05) is 35.9 Å². The smallest absolute Gasteiger partial charge is 0.416 e. The molecule has 1 amide bonds. The van der Waals surface area contributed by atoms with Crippen LogP contribution in [0.4, 0.5) is 13.2 Å². The van der Waals surface area contributed by atoms with Crippen LogP contribution in [0.25, 0.3) is 22.0 Å². The first-order chi connectivity index (χ1) is 18.8. The van der Waals surface area contributed by atoms with Gasteiger partial charge >= 0.3 is 12.1 Å². The summed E-state index contributed by atoms with van der Waals surface area (Å²) in [6.45, 7) is 6.15. The summed E-state index contributed by atoms with van der Waals surface area (Å²) < 4.78 is 41.3. The topological polar surface area (TPSA) is 84.2 Å². The number of nitrogens with zero attached hydrogens (tertiary/aromatic N) is 2. The highest BCUT2D eigenvalue weighted by molar-refractivity contribution is 6.33. The van der Waals surface area contributed by atoms with E-state index in [4.69, 9.17) is 16.7 Å². The van der Waals surface area contributed by atoms with Gasteiger partial charge in [-0.1, -0.05) is 43.6 Å². The largest absolute Gasteiger partial charge is 0.481 e. The predicted molar refractivity (Wildman–Crippen MR) is 149 cm³/mol. The van der Waals surface area contributed by atoms with E-state index in [0.29, 0.717) is 17.0 Å². The zero-order valence-corrected chi connectivity index (χ0v) is 23.0. The molecule has 0 fully saturated rings. The summed E-state index contributed by atoms with van der Waals surface area (Å²) >= 11 is 6.29. The zero-order valence-electron chi connectivity index (χ0n) is 22.2. The normalized spacial score (nSPS) is 12.6. The number of nitrogens with one attached hydrogen (secondary N) is 1. The molecule has 6 nitrogen and oxygen atoms in total. The van der Waals surface area contributed by atoms with Gasteiger partial charge in [-0.2, -0.15) is 18.3 Å². The molecule has 0 radical (unpaired) electrons. The third kappa shape index (κ3) is 6.47. The molecule has 0 saturated heterocycles. The number of carbonyl (C=O) groups excluding carboxylic acids is 1. The van der Waals surface area contributed by atoms with E-state index in [2.05, 4.69) is 24.3 Å². The molecule has 1 heterocycles. The molecule has 210 valence electrons. The fraction of sp³-hybridized carbons (Fsp3) is 0.300. The minimum absolute atomic E-state index is 0.0226. The lowest BCUT2D eigenvalue weighted by Crippen LogP contribution is -2.26. The van der Waals surface area contributed by atoms with Crippen molar-refractivity contribution in [3.63, 3.8) is 0 Å². The van der Waals surface area contributed by atoms with Gasteiger partial charge in [-0.15, -0.1) is 0 Å². The summed E-state index contributed by atoms with van der Waals surface area (Å²) in [7, 11) is 0. The number of carboxylic acids is 1. The third-order valence-electron chi connectivity index (χ3n) is 6.70. The maximum absolute atomic E-state index is 13.1. The van der Waals surface area contributed by atoms with E-state index in [-0.39, 0.29) is 29.9 Å². The van der Waals surface area contributed by atoms with Crippen molar-refractivity contribution in [3.8, 4) is 11.1 Å². The molecule has 40 heavy (non-hydrogen) atoms. The number of fused-ring (bicyclic) bond motifs is 1. The van der Waals surface area contributed by atoms with Gasteiger partial charge in [-0.25, -0.2) is 0 Å². The number of carbonyl (C=O) groups is 2. The molecule has 0 saturated carbocycles. The number of hydrogen-bond acceptors (Lipinski definition) is 3. The molecule has 0 bridgehead atoms. The van der Waals surface area contributed by atoms with Gasteiger partial charge in [0, 0.05) is 28.1 Å². The molecular weight excluding hydrogens is 543 g/mol. The second-order valence-electron chi connectivity index (χ2n) is 10.2. The number of benzene rings is 3. The van der Waals surface area contributed by atoms with Crippen molar-refractivity contribution >= 4 is 34.4 Å². The Morgan fingerprint density at radius 1 is 1.05 bits per heavy atom. The molecule has 4 rings (SSSR count). The Hall–Kier alpha value is -3.85. The minimum atomic E-state index is -4.48.